The van der Waals surface area contributed by atoms with Crippen LogP contribution in [0.25, 0.3) is 0 Å². The van der Waals surface area contributed by atoms with Crippen molar-refractivity contribution < 1.29 is 13.9 Å². The summed E-state index contributed by atoms with van der Waals surface area (Å²) in [6, 6.07) is 16.3. The number of hydrogen-bond donors (Lipinski definition) is 2. The molecule has 6 nitrogen and oxygen atoms in total. The second-order valence-corrected chi connectivity index (χ2v) is 5.47. The molecule has 2 N–H and O–H groups in total. The normalized spacial score (nSPS) is 10.2. The van der Waals surface area contributed by atoms with E-state index in [1.807, 2.05) is 0 Å². The number of carbonyl (C=O) groups excluding carboxylic acids is 1. The molecule has 0 fully saturated rings. The molecule has 26 heavy (non-hydrogen) atoms. The maximum atomic E-state index is 12.9. The Bertz CT molecular complexity index is 866. The van der Waals surface area contributed by atoms with Crippen LogP contribution in [0.15, 0.2) is 60.7 Å². The van der Waals surface area contributed by atoms with Gasteiger partial charge in [0.15, 0.2) is 5.82 Å². The molecule has 0 atom stereocenters. The number of methoxy groups -OCH3 is 1. The molecule has 0 spiro atoms. The number of nitrogens with zero attached hydrogens (tertiary/aromatic N) is 2. The first-order valence-corrected chi connectivity index (χ1v) is 7.91. The number of aromatic nitrogens is 2. The summed E-state index contributed by atoms with van der Waals surface area (Å²) in [7, 11) is 1.57. The molecule has 0 saturated heterocycles. The van der Waals surface area contributed by atoms with E-state index in [0.29, 0.717) is 29.5 Å². The fraction of sp³-hybridized carbons (Fsp3) is 0.105. The van der Waals surface area contributed by atoms with Crippen molar-refractivity contribution in [3.8, 4) is 5.75 Å². The van der Waals surface area contributed by atoms with Crippen LogP contribution in [0, 0.1) is 5.82 Å². The number of nitrogens with one attached hydrogen (secondary N) is 2. The SMILES string of the molecule is COc1ccc(C(=O)Nc2ccc(NCc3ccc(F)cc3)nn2)cc1. The summed E-state index contributed by atoms with van der Waals surface area (Å²) < 4.78 is 17.9. The van der Waals surface area contributed by atoms with E-state index >= 15 is 0 Å². The lowest BCUT2D eigenvalue weighted by atomic mass is 10.2. The van der Waals surface area contributed by atoms with Gasteiger partial charge in [-0.1, -0.05) is 12.1 Å². The van der Waals surface area contributed by atoms with Gasteiger partial charge in [0.2, 0.25) is 0 Å². The van der Waals surface area contributed by atoms with Gasteiger partial charge >= 0.3 is 0 Å². The summed E-state index contributed by atoms with van der Waals surface area (Å²) in [5.74, 6) is 1.02. The number of carbonyl (C=O) groups is 1. The second-order valence-electron chi connectivity index (χ2n) is 5.47. The third-order valence-electron chi connectivity index (χ3n) is 3.65. The average molecular weight is 352 g/mol. The molecule has 2 aromatic carbocycles. The lowest BCUT2D eigenvalue weighted by Crippen LogP contribution is -2.13. The molecule has 0 radical (unpaired) electrons. The standard InChI is InChI=1S/C19H17FN4O2/c1-26-16-8-4-14(5-9-16)19(25)22-18-11-10-17(23-24-18)21-12-13-2-6-15(20)7-3-13/h2-11H,12H2,1H3,(H,21,23)(H,22,24,25). The highest BCUT2D eigenvalue weighted by Gasteiger charge is 2.07. The summed E-state index contributed by atoms with van der Waals surface area (Å²) in [5, 5.41) is 13.8. The zero-order chi connectivity index (χ0) is 18.4. The Hall–Kier alpha value is -3.48. The van der Waals surface area contributed by atoms with Gasteiger partial charge in [-0.3, -0.25) is 4.79 Å². The quantitative estimate of drug-likeness (QED) is 0.710. The number of amides is 1. The van der Waals surface area contributed by atoms with Crippen molar-refractivity contribution >= 4 is 17.5 Å². The minimum atomic E-state index is -0.283. The summed E-state index contributed by atoms with van der Waals surface area (Å²) >= 11 is 0. The number of hydrogen-bond acceptors (Lipinski definition) is 5. The van der Waals surface area contributed by atoms with E-state index in [1.54, 1.807) is 55.6 Å². The maximum absolute atomic E-state index is 12.9. The Balaban J connectivity index is 1.56. The first-order chi connectivity index (χ1) is 12.6. The van der Waals surface area contributed by atoms with Gasteiger partial charge in [0.25, 0.3) is 5.91 Å². The smallest absolute Gasteiger partial charge is 0.256 e. The van der Waals surface area contributed by atoms with Gasteiger partial charge in [0.1, 0.15) is 17.4 Å². The number of anilines is 2. The van der Waals surface area contributed by atoms with Crippen molar-refractivity contribution in [1.82, 2.24) is 10.2 Å². The molecule has 0 bridgehead atoms. The Labute approximate surface area is 150 Å². The third kappa shape index (κ3) is 4.54. The summed E-state index contributed by atoms with van der Waals surface area (Å²) in [6.45, 7) is 0.493. The molecule has 0 aliphatic heterocycles. The van der Waals surface area contributed by atoms with Crippen molar-refractivity contribution in [2.75, 3.05) is 17.7 Å². The van der Waals surface area contributed by atoms with Crippen molar-refractivity contribution in [2.45, 2.75) is 6.54 Å². The van der Waals surface area contributed by atoms with Gasteiger partial charge in [0.05, 0.1) is 7.11 Å². The number of benzene rings is 2. The molecular weight excluding hydrogens is 335 g/mol. The Morgan fingerprint density at radius 1 is 0.962 bits per heavy atom. The van der Waals surface area contributed by atoms with Crippen LogP contribution in [-0.2, 0) is 6.54 Å². The van der Waals surface area contributed by atoms with E-state index in [-0.39, 0.29) is 11.7 Å². The molecular formula is C19H17FN4O2. The van der Waals surface area contributed by atoms with Gasteiger partial charge < -0.3 is 15.4 Å². The number of halogens is 1. The molecule has 0 aliphatic carbocycles. The van der Waals surface area contributed by atoms with Crippen LogP contribution in [0.5, 0.6) is 5.75 Å². The highest BCUT2D eigenvalue weighted by atomic mass is 19.1. The zero-order valence-corrected chi connectivity index (χ0v) is 14.1. The summed E-state index contributed by atoms with van der Waals surface area (Å²) in [5.41, 5.74) is 1.41. The fourth-order valence-electron chi connectivity index (χ4n) is 2.22. The summed E-state index contributed by atoms with van der Waals surface area (Å²) in [4.78, 5) is 12.2. The first-order valence-electron chi connectivity index (χ1n) is 7.91. The molecule has 0 unspecified atom stereocenters. The van der Waals surface area contributed by atoms with E-state index in [9.17, 15) is 9.18 Å². The second kappa shape index (κ2) is 8.06. The van der Waals surface area contributed by atoms with Crippen LogP contribution < -0.4 is 15.4 Å². The highest BCUT2D eigenvalue weighted by Crippen LogP contribution is 2.13. The monoisotopic (exact) mass is 352 g/mol. The van der Waals surface area contributed by atoms with Crippen LogP contribution in [0.1, 0.15) is 15.9 Å². The van der Waals surface area contributed by atoms with Gasteiger partial charge in [-0.25, -0.2) is 4.39 Å². The van der Waals surface area contributed by atoms with Crippen LogP contribution in [-0.4, -0.2) is 23.2 Å². The third-order valence-corrected chi connectivity index (χ3v) is 3.65. The number of rotatable bonds is 6. The molecule has 7 heteroatoms. The van der Waals surface area contributed by atoms with E-state index in [4.69, 9.17) is 4.74 Å². The van der Waals surface area contributed by atoms with Crippen molar-refractivity contribution in [3.05, 3.63) is 77.6 Å². The van der Waals surface area contributed by atoms with E-state index in [1.165, 1.54) is 12.1 Å². The average Bonchev–Trinajstić information content (AvgIpc) is 2.68. The van der Waals surface area contributed by atoms with Crippen LogP contribution in [0.2, 0.25) is 0 Å². The minimum absolute atomic E-state index is 0.273. The van der Waals surface area contributed by atoms with Crippen molar-refractivity contribution in [3.63, 3.8) is 0 Å². The largest absolute Gasteiger partial charge is 0.497 e. The van der Waals surface area contributed by atoms with E-state index in [0.717, 1.165) is 5.56 Å². The Morgan fingerprint density at radius 2 is 1.62 bits per heavy atom. The molecule has 0 saturated carbocycles. The summed E-state index contributed by atoms with van der Waals surface area (Å²) in [6.07, 6.45) is 0. The Kier molecular flexibility index (Phi) is 5.38. The maximum Gasteiger partial charge on any atom is 0.256 e. The fourth-order valence-corrected chi connectivity index (χ4v) is 2.22. The predicted octanol–water partition coefficient (Wildman–Crippen LogP) is 3.49. The van der Waals surface area contributed by atoms with Gasteiger partial charge in [-0.05, 0) is 54.1 Å². The predicted molar refractivity (Wildman–Crippen MR) is 96.7 cm³/mol. The van der Waals surface area contributed by atoms with E-state index < -0.39 is 0 Å². The zero-order valence-electron chi connectivity index (χ0n) is 14.1. The first kappa shape index (κ1) is 17.3. The molecule has 1 aromatic heterocycles. The van der Waals surface area contributed by atoms with Crippen LogP contribution >= 0.6 is 0 Å². The van der Waals surface area contributed by atoms with Gasteiger partial charge in [-0.15, -0.1) is 10.2 Å². The van der Waals surface area contributed by atoms with Crippen LogP contribution in [0.4, 0.5) is 16.0 Å². The van der Waals surface area contributed by atoms with Crippen molar-refractivity contribution in [1.29, 1.82) is 0 Å². The molecule has 3 aromatic rings. The molecule has 1 amide bonds. The molecule has 0 aliphatic rings. The van der Waals surface area contributed by atoms with Gasteiger partial charge in [-0.2, -0.15) is 0 Å². The minimum Gasteiger partial charge on any atom is -0.497 e. The number of ether oxygens (including phenoxy) is 1. The lowest BCUT2D eigenvalue weighted by Gasteiger charge is -2.07. The topological polar surface area (TPSA) is 76.1 Å². The molecule has 132 valence electrons. The molecule has 1 heterocycles. The van der Waals surface area contributed by atoms with E-state index in [2.05, 4.69) is 20.8 Å². The molecule has 3 rings (SSSR count). The van der Waals surface area contributed by atoms with Gasteiger partial charge in [0, 0.05) is 12.1 Å². The van der Waals surface area contributed by atoms with Crippen molar-refractivity contribution in [2.24, 2.45) is 0 Å². The lowest BCUT2D eigenvalue weighted by molar-refractivity contribution is 0.102. The van der Waals surface area contributed by atoms with Crippen LogP contribution in [0.3, 0.4) is 0 Å². The highest BCUT2D eigenvalue weighted by molar-refractivity contribution is 6.03. The Morgan fingerprint density at radius 3 is 2.23 bits per heavy atom.